The minimum atomic E-state index is -0.948. The molecular formula is C16H18N2O10. The summed E-state index contributed by atoms with van der Waals surface area (Å²) in [5.74, 6) is -0.883. The van der Waals surface area contributed by atoms with Gasteiger partial charge in [-0.1, -0.05) is 12.7 Å². The van der Waals surface area contributed by atoms with Gasteiger partial charge in [-0.3, -0.25) is 9.59 Å². The first kappa shape index (κ1) is 22.3. The van der Waals surface area contributed by atoms with Crippen molar-refractivity contribution in [1.82, 2.24) is 0 Å². The minimum Gasteiger partial charge on any atom is -0.427 e. The van der Waals surface area contributed by atoms with Crippen LogP contribution in [0.5, 0.6) is 11.5 Å². The number of hydrogen-bond donors (Lipinski definition) is 0. The van der Waals surface area contributed by atoms with Crippen molar-refractivity contribution in [2.45, 2.75) is 25.7 Å². The highest BCUT2D eigenvalue weighted by molar-refractivity contribution is 5.75. The van der Waals surface area contributed by atoms with Crippen LogP contribution in [0.2, 0.25) is 0 Å². The number of carbonyl (C=O) groups excluding carboxylic acids is 2. The van der Waals surface area contributed by atoms with Crippen LogP contribution in [0.4, 0.5) is 0 Å². The van der Waals surface area contributed by atoms with Crippen LogP contribution >= 0.6 is 0 Å². The Morgan fingerprint density at radius 2 is 1.50 bits per heavy atom. The van der Waals surface area contributed by atoms with Crippen molar-refractivity contribution in [1.29, 1.82) is 0 Å². The molecule has 0 atom stereocenters. The van der Waals surface area contributed by atoms with Crippen molar-refractivity contribution >= 4 is 18.0 Å². The van der Waals surface area contributed by atoms with Crippen LogP contribution in [-0.2, 0) is 19.3 Å². The van der Waals surface area contributed by atoms with Gasteiger partial charge in [-0.05, 0) is 31.0 Å². The van der Waals surface area contributed by atoms with Gasteiger partial charge in [0.15, 0.2) is 0 Å². The minimum absolute atomic E-state index is 0.0831. The fourth-order valence-electron chi connectivity index (χ4n) is 1.91. The van der Waals surface area contributed by atoms with Crippen molar-refractivity contribution in [3.8, 4) is 11.5 Å². The van der Waals surface area contributed by atoms with Gasteiger partial charge in [0.1, 0.15) is 11.5 Å². The van der Waals surface area contributed by atoms with Gasteiger partial charge in [0, 0.05) is 18.4 Å². The maximum absolute atomic E-state index is 11.8. The molecule has 0 aliphatic carbocycles. The van der Waals surface area contributed by atoms with E-state index in [1.807, 2.05) is 0 Å². The molecule has 1 aromatic carbocycles. The molecule has 28 heavy (non-hydrogen) atoms. The third-order valence-electron chi connectivity index (χ3n) is 3.10. The van der Waals surface area contributed by atoms with Crippen LogP contribution in [0.3, 0.4) is 0 Å². The Balaban J connectivity index is 2.52. The fraction of sp³-hybridized carbons (Fsp3) is 0.375. The smallest absolute Gasteiger partial charge is 0.311 e. The van der Waals surface area contributed by atoms with Crippen molar-refractivity contribution < 1.29 is 38.9 Å². The third-order valence-corrected chi connectivity index (χ3v) is 3.10. The van der Waals surface area contributed by atoms with E-state index in [1.54, 1.807) is 0 Å². The molecule has 0 fully saturated rings. The van der Waals surface area contributed by atoms with E-state index in [9.17, 15) is 29.8 Å². The number of nitrogens with zero attached hydrogens (tertiary/aromatic N) is 2. The quantitative estimate of drug-likeness (QED) is 0.158. The Hall–Kier alpha value is -3.70. The van der Waals surface area contributed by atoms with Crippen molar-refractivity contribution in [3.63, 3.8) is 0 Å². The molecule has 12 heteroatoms. The Morgan fingerprint density at radius 3 is 2.00 bits per heavy atom. The van der Waals surface area contributed by atoms with Crippen molar-refractivity contribution in [2.75, 3.05) is 13.2 Å². The lowest BCUT2D eigenvalue weighted by molar-refractivity contribution is -0.757. The van der Waals surface area contributed by atoms with E-state index in [1.165, 1.54) is 24.3 Å². The lowest BCUT2D eigenvalue weighted by atomic mass is 10.2. The first-order valence-electron chi connectivity index (χ1n) is 8.04. The van der Waals surface area contributed by atoms with E-state index in [0.29, 0.717) is 5.56 Å². The van der Waals surface area contributed by atoms with Crippen LogP contribution in [0.25, 0.3) is 6.08 Å². The molecule has 0 bridgehead atoms. The summed E-state index contributed by atoms with van der Waals surface area (Å²) in [7, 11) is 0. The van der Waals surface area contributed by atoms with E-state index >= 15 is 0 Å². The maximum atomic E-state index is 11.8. The molecule has 0 radical (unpaired) electrons. The third kappa shape index (κ3) is 9.12. The zero-order valence-corrected chi connectivity index (χ0v) is 14.7. The molecular weight excluding hydrogens is 380 g/mol. The monoisotopic (exact) mass is 398 g/mol. The molecule has 0 aliphatic heterocycles. The van der Waals surface area contributed by atoms with Crippen LogP contribution in [0.15, 0.2) is 24.8 Å². The second kappa shape index (κ2) is 11.8. The topological polar surface area (TPSA) is 157 Å². The molecule has 0 spiro atoms. The summed E-state index contributed by atoms with van der Waals surface area (Å²) >= 11 is 0. The van der Waals surface area contributed by atoms with Gasteiger partial charge in [-0.2, -0.15) is 0 Å². The van der Waals surface area contributed by atoms with Gasteiger partial charge in [0.05, 0.1) is 13.2 Å². The Labute approximate surface area is 158 Å². The molecule has 0 heterocycles. The van der Waals surface area contributed by atoms with E-state index in [2.05, 4.69) is 16.3 Å². The van der Waals surface area contributed by atoms with Gasteiger partial charge in [0.2, 0.25) is 0 Å². The average molecular weight is 398 g/mol. The zero-order chi connectivity index (χ0) is 20.9. The summed E-state index contributed by atoms with van der Waals surface area (Å²) in [6.07, 6.45) is 1.44. The van der Waals surface area contributed by atoms with E-state index < -0.39 is 22.1 Å². The molecule has 0 saturated carbocycles. The molecule has 0 N–H and O–H groups in total. The highest BCUT2D eigenvalue weighted by Gasteiger charge is 2.12. The summed E-state index contributed by atoms with van der Waals surface area (Å²) in [5, 5.41) is 18.1. The Bertz CT molecular complexity index is 734. The number of hydrogen-bond acceptors (Lipinski definition) is 10. The average Bonchev–Trinajstić information content (AvgIpc) is 2.63. The Morgan fingerprint density at radius 1 is 0.964 bits per heavy atom. The summed E-state index contributed by atoms with van der Waals surface area (Å²) in [4.78, 5) is 51.7. The second-order valence-electron chi connectivity index (χ2n) is 5.17. The summed E-state index contributed by atoms with van der Waals surface area (Å²) in [6.45, 7) is 3.14. The molecule has 0 saturated heterocycles. The number of benzene rings is 1. The molecule has 1 aromatic rings. The molecule has 1 rings (SSSR count). The summed E-state index contributed by atoms with van der Waals surface area (Å²) in [6, 6.07) is 4.23. The fourth-order valence-corrected chi connectivity index (χ4v) is 1.91. The normalized spacial score (nSPS) is 9.86. The van der Waals surface area contributed by atoms with Crippen LogP contribution in [-0.4, -0.2) is 35.3 Å². The lowest BCUT2D eigenvalue weighted by Crippen LogP contribution is -2.12. The molecule has 0 unspecified atom stereocenters. The molecule has 0 amide bonds. The number of esters is 2. The first-order valence-corrected chi connectivity index (χ1v) is 8.04. The predicted molar refractivity (Wildman–Crippen MR) is 92.2 cm³/mol. The van der Waals surface area contributed by atoms with Crippen molar-refractivity contribution in [2.24, 2.45) is 0 Å². The molecule has 0 aromatic heterocycles. The van der Waals surface area contributed by atoms with E-state index in [0.717, 1.165) is 0 Å². The van der Waals surface area contributed by atoms with E-state index in [-0.39, 0.29) is 50.4 Å². The SMILES string of the molecule is C=Cc1cc(OC(=O)CCCO[N+](=O)[O-])ccc1OC(=O)CCCO[N+](=O)[O-]. The van der Waals surface area contributed by atoms with Crippen molar-refractivity contribution in [3.05, 3.63) is 50.6 Å². The van der Waals surface area contributed by atoms with E-state index in [4.69, 9.17) is 9.47 Å². The zero-order valence-electron chi connectivity index (χ0n) is 14.7. The summed E-state index contributed by atoms with van der Waals surface area (Å²) < 4.78 is 10.2. The van der Waals surface area contributed by atoms with Crippen LogP contribution in [0, 0.1) is 20.2 Å². The lowest BCUT2D eigenvalue weighted by Gasteiger charge is -2.10. The first-order chi connectivity index (χ1) is 13.3. The predicted octanol–water partition coefficient (Wildman–Crippen LogP) is 2.12. The molecule has 12 nitrogen and oxygen atoms in total. The van der Waals surface area contributed by atoms with Gasteiger partial charge in [-0.25, -0.2) is 0 Å². The second-order valence-corrected chi connectivity index (χ2v) is 5.17. The molecule has 0 aliphatic rings. The largest absolute Gasteiger partial charge is 0.427 e. The Kier molecular flexibility index (Phi) is 9.44. The van der Waals surface area contributed by atoms with Gasteiger partial charge < -0.3 is 19.1 Å². The summed E-state index contributed by atoms with van der Waals surface area (Å²) in [5.41, 5.74) is 0.386. The molecule has 152 valence electrons. The highest BCUT2D eigenvalue weighted by atomic mass is 17.0. The standard InChI is InChI=1S/C16H18N2O10/c1-2-12-11-13(27-15(19)5-3-9-25-17(21)22)7-8-14(12)28-16(20)6-4-10-26-18(23)24/h2,7-8,11H,1,3-6,9-10H2. The van der Waals surface area contributed by atoms with Crippen LogP contribution in [0.1, 0.15) is 31.2 Å². The van der Waals surface area contributed by atoms with Crippen LogP contribution < -0.4 is 9.47 Å². The number of ether oxygens (including phenoxy) is 2. The maximum Gasteiger partial charge on any atom is 0.311 e. The van der Waals surface area contributed by atoms with Gasteiger partial charge >= 0.3 is 11.9 Å². The highest BCUT2D eigenvalue weighted by Crippen LogP contribution is 2.26. The number of carbonyl (C=O) groups is 2. The van der Waals surface area contributed by atoms with Gasteiger partial charge in [-0.15, -0.1) is 20.2 Å². The number of rotatable bonds is 13. The van der Waals surface area contributed by atoms with Gasteiger partial charge in [0.25, 0.3) is 10.2 Å².